The van der Waals surface area contributed by atoms with Crippen molar-refractivity contribution < 1.29 is 4.79 Å². The molecule has 1 saturated carbocycles. The fraction of sp³-hybridized carbons (Fsp3) is 0.400. The molecule has 3 rings (SSSR count). The molecule has 0 amide bonds. The molecule has 0 aromatic carbocycles. The number of nitrogens with one attached hydrogen (secondary N) is 1. The van der Waals surface area contributed by atoms with E-state index in [-0.39, 0.29) is 0 Å². The van der Waals surface area contributed by atoms with Crippen molar-refractivity contribution in [3.05, 3.63) is 12.7 Å². The minimum atomic E-state index is 0.312. The Balaban J connectivity index is 1.77. The van der Waals surface area contributed by atoms with Crippen LogP contribution in [0.1, 0.15) is 12.8 Å². The van der Waals surface area contributed by atoms with Crippen LogP contribution in [0.3, 0.4) is 0 Å². The van der Waals surface area contributed by atoms with Crippen LogP contribution in [0.15, 0.2) is 17.7 Å². The molecule has 0 saturated heterocycles. The molecule has 5 nitrogen and oxygen atoms in total. The van der Waals surface area contributed by atoms with Gasteiger partial charge in [-0.05, 0) is 12.8 Å². The first kappa shape index (κ1) is 9.77. The third kappa shape index (κ3) is 1.80. The van der Waals surface area contributed by atoms with Crippen molar-refractivity contribution in [1.29, 1.82) is 0 Å². The largest absolute Gasteiger partial charge is 0.341 e. The molecule has 1 fully saturated rings. The molecule has 0 spiro atoms. The molecule has 0 unspecified atom stereocenters. The molecule has 82 valence electrons. The summed E-state index contributed by atoms with van der Waals surface area (Å²) in [5.41, 5.74) is 1.47. The van der Waals surface area contributed by atoms with E-state index in [2.05, 4.69) is 19.9 Å². The van der Waals surface area contributed by atoms with Crippen LogP contribution in [0.5, 0.6) is 0 Å². The molecule has 6 heteroatoms. The predicted octanol–water partition coefficient (Wildman–Crippen LogP) is 1.42. The van der Waals surface area contributed by atoms with Gasteiger partial charge in [-0.15, -0.1) is 0 Å². The normalized spacial score (nSPS) is 15.5. The SMILES string of the molecule is O=C(CSc1ncnc2nc[nH]c12)C1CC1. The number of imidazole rings is 1. The highest BCUT2D eigenvalue weighted by Crippen LogP contribution is 2.32. The van der Waals surface area contributed by atoms with Gasteiger partial charge in [-0.25, -0.2) is 15.0 Å². The van der Waals surface area contributed by atoms with Crippen molar-refractivity contribution in [3.8, 4) is 0 Å². The summed E-state index contributed by atoms with van der Waals surface area (Å²) in [7, 11) is 0. The Kier molecular flexibility index (Phi) is 2.36. The van der Waals surface area contributed by atoms with Crippen LogP contribution in [0.25, 0.3) is 11.2 Å². The smallest absolute Gasteiger partial charge is 0.181 e. The maximum atomic E-state index is 11.6. The first-order valence-corrected chi connectivity index (χ1v) is 6.13. The molecule has 1 aliphatic carbocycles. The number of fused-ring (bicyclic) bond motifs is 1. The zero-order chi connectivity index (χ0) is 11.0. The van der Waals surface area contributed by atoms with Crippen LogP contribution in [0.2, 0.25) is 0 Å². The first-order chi connectivity index (χ1) is 7.84. The predicted molar refractivity (Wildman–Crippen MR) is 60.1 cm³/mol. The van der Waals surface area contributed by atoms with Gasteiger partial charge in [-0.2, -0.15) is 0 Å². The molecule has 0 radical (unpaired) electrons. The second kappa shape index (κ2) is 3.86. The maximum Gasteiger partial charge on any atom is 0.181 e. The van der Waals surface area contributed by atoms with Gasteiger partial charge in [-0.1, -0.05) is 11.8 Å². The average Bonchev–Trinajstić information content (AvgIpc) is 3.04. The summed E-state index contributed by atoms with van der Waals surface area (Å²) < 4.78 is 0. The molecule has 0 aliphatic heterocycles. The van der Waals surface area contributed by atoms with E-state index in [1.807, 2.05) is 0 Å². The van der Waals surface area contributed by atoms with Crippen molar-refractivity contribution in [2.24, 2.45) is 5.92 Å². The monoisotopic (exact) mass is 234 g/mol. The third-order valence-electron chi connectivity index (χ3n) is 2.57. The first-order valence-electron chi connectivity index (χ1n) is 5.14. The van der Waals surface area contributed by atoms with Crippen molar-refractivity contribution in [2.45, 2.75) is 17.9 Å². The average molecular weight is 234 g/mol. The van der Waals surface area contributed by atoms with E-state index in [9.17, 15) is 4.79 Å². The van der Waals surface area contributed by atoms with Crippen molar-refractivity contribution in [3.63, 3.8) is 0 Å². The van der Waals surface area contributed by atoms with E-state index in [1.165, 1.54) is 18.1 Å². The van der Waals surface area contributed by atoms with Gasteiger partial charge in [0.2, 0.25) is 0 Å². The lowest BCUT2D eigenvalue weighted by molar-refractivity contribution is -0.117. The number of aromatic amines is 1. The van der Waals surface area contributed by atoms with Crippen molar-refractivity contribution in [2.75, 3.05) is 5.75 Å². The minimum Gasteiger partial charge on any atom is -0.341 e. The van der Waals surface area contributed by atoms with Gasteiger partial charge in [0.15, 0.2) is 5.65 Å². The third-order valence-corrected chi connectivity index (χ3v) is 3.58. The van der Waals surface area contributed by atoms with Gasteiger partial charge >= 0.3 is 0 Å². The number of carbonyl (C=O) groups excluding carboxylic acids is 1. The summed E-state index contributed by atoms with van der Waals surface area (Å²) in [5, 5.41) is 0.802. The van der Waals surface area contributed by atoms with E-state index in [4.69, 9.17) is 0 Å². The highest BCUT2D eigenvalue weighted by atomic mass is 32.2. The van der Waals surface area contributed by atoms with Gasteiger partial charge in [0.1, 0.15) is 22.7 Å². The Morgan fingerprint density at radius 3 is 3.12 bits per heavy atom. The molecule has 1 aliphatic rings. The van der Waals surface area contributed by atoms with Gasteiger partial charge in [0.25, 0.3) is 0 Å². The fourth-order valence-corrected chi connectivity index (χ4v) is 2.45. The van der Waals surface area contributed by atoms with Gasteiger partial charge in [0.05, 0.1) is 12.1 Å². The lowest BCUT2D eigenvalue weighted by atomic mass is 10.3. The highest BCUT2D eigenvalue weighted by molar-refractivity contribution is 8.00. The molecule has 0 atom stereocenters. The number of aromatic nitrogens is 4. The zero-order valence-corrected chi connectivity index (χ0v) is 9.33. The molecule has 2 aromatic rings. The van der Waals surface area contributed by atoms with Crippen LogP contribution in [0, 0.1) is 5.92 Å². The molecule has 0 bridgehead atoms. The minimum absolute atomic E-state index is 0.312. The quantitative estimate of drug-likeness (QED) is 0.640. The molecule has 1 N–H and O–H groups in total. The van der Waals surface area contributed by atoms with Crippen LogP contribution < -0.4 is 0 Å². The summed E-state index contributed by atoms with van der Waals surface area (Å²) in [5.74, 6) is 1.14. The number of hydrogen-bond donors (Lipinski definition) is 1. The Hall–Kier alpha value is -1.43. The van der Waals surface area contributed by atoms with Crippen LogP contribution in [-0.2, 0) is 4.79 Å². The van der Waals surface area contributed by atoms with E-state index >= 15 is 0 Å². The van der Waals surface area contributed by atoms with Gasteiger partial charge in [0, 0.05) is 5.92 Å². The topological polar surface area (TPSA) is 71.5 Å². The summed E-state index contributed by atoms with van der Waals surface area (Å²) in [6.45, 7) is 0. The molecule has 2 aromatic heterocycles. The Labute approximate surface area is 96.1 Å². The van der Waals surface area contributed by atoms with Crippen LogP contribution >= 0.6 is 11.8 Å². The number of thioether (sulfide) groups is 1. The second-order valence-corrected chi connectivity index (χ2v) is 4.77. The summed E-state index contributed by atoms with van der Waals surface area (Å²) >= 11 is 1.46. The summed E-state index contributed by atoms with van der Waals surface area (Å²) in [6.07, 6.45) is 5.19. The van der Waals surface area contributed by atoms with Crippen molar-refractivity contribution >= 4 is 28.7 Å². The fourth-order valence-electron chi connectivity index (χ4n) is 1.51. The van der Waals surface area contributed by atoms with Gasteiger partial charge < -0.3 is 4.98 Å². The van der Waals surface area contributed by atoms with E-state index < -0.39 is 0 Å². The lowest BCUT2D eigenvalue weighted by Gasteiger charge is -1.99. The summed E-state index contributed by atoms with van der Waals surface area (Å²) in [6, 6.07) is 0. The number of Topliss-reactive ketones (excluding diaryl/α,β-unsaturated/α-hetero) is 1. The number of carbonyl (C=O) groups is 1. The van der Waals surface area contributed by atoms with E-state index in [0.717, 1.165) is 23.4 Å². The molecule has 2 heterocycles. The van der Waals surface area contributed by atoms with E-state index in [0.29, 0.717) is 23.1 Å². The Morgan fingerprint density at radius 1 is 1.44 bits per heavy atom. The second-order valence-electron chi connectivity index (χ2n) is 3.81. The Bertz CT molecular complexity index is 534. The van der Waals surface area contributed by atoms with Crippen LogP contribution in [-0.4, -0.2) is 31.5 Å². The standard InChI is InChI=1S/C10H10N4OS/c15-7(6-1-2-6)3-16-10-8-9(12-4-11-8)13-5-14-10/h4-6H,1-3H2,(H,11,12,13,14). The Morgan fingerprint density at radius 2 is 2.31 bits per heavy atom. The molecular weight excluding hydrogens is 224 g/mol. The number of H-pyrrole nitrogens is 1. The maximum absolute atomic E-state index is 11.6. The lowest BCUT2D eigenvalue weighted by Crippen LogP contribution is -2.03. The molecular formula is C10H10N4OS. The van der Waals surface area contributed by atoms with Crippen molar-refractivity contribution in [1.82, 2.24) is 19.9 Å². The zero-order valence-electron chi connectivity index (χ0n) is 8.51. The highest BCUT2D eigenvalue weighted by Gasteiger charge is 2.29. The summed E-state index contributed by atoms with van der Waals surface area (Å²) in [4.78, 5) is 26.8. The van der Waals surface area contributed by atoms with Crippen LogP contribution in [0.4, 0.5) is 0 Å². The number of rotatable bonds is 4. The molecule has 16 heavy (non-hydrogen) atoms. The number of ketones is 1. The van der Waals surface area contributed by atoms with Gasteiger partial charge in [-0.3, -0.25) is 4.79 Å². The number of hydrogen-bond acceptors (Lipinski definition) is 5. The van der Waals surface area contributed by atoms with E-state index in [1.54, 1.807) is 6.33 Å². The number of nitrogens with zero attached hydrogens (tertiary/aromatic N) is 3.